The van der Waals surface area contributed by atoms with Gasteiger partial charge in [0.1, 0.15) is 11.8 Å². The van der Waals surface area contributed by atoms with Crippen molar-refractivity contribution in [1.29, 1.82) is 0 Å². The van der Waals surface area contributed by atoms with Crippen LogP contribution in [0.5, 0.6) is 0 Å². The van der Waals surface area contributed by atoms with Gasteiger partial charge in [0.15, 0.2) is 0 Å². The number of nitrogens with zero attached hydrogens (tertiary/aromatic N) is 2. The number of nitro groups is 1. The Kier molecular flexibility index (Phi) is 4.93. The minimum atomic E-state index is -0.800. The van der Waals surface area contributed by atoms with Crippen molar-refractivity contribution in [2.24, 2.45) is 0 Å². The van der Waals surface area contributed by atoms with E-state index in [0.717, 1.165) is 10.4 Å². The minimum absolute atomic E-state index is 0.0437. The monoisotopic (exact) mass is 420 g/mol. The number of hydrogen-bond donors (Lipinski definition) is 1. The third-order valence-corrected chi connectivity index (χ3v) is 5.81. The van der Waals surface area contributed by atoms with E-state index in [0.29, 0.717) is 5.69 Å². The van der Waals surface area contributed by atoms with Gasteiger partial charge >= 0.3 is 0 Å². The molecule has 8 heteroatoms. The van der Waals surface area contributed by atoms with Crippen LogP contribution in [0.1, 0.15) is 22.0 Å². The van der Waals surface area contributed by atoms with Crippen LogP contribution in [0.3, 0.4) is 0 Å². The van der Waals surface area contributed by atoms with Gasteiger partial charge < -0.3 is 5.11 Å². The second-order valence-corrected chi connectivity index (χ2v) is 7.81. The molecule has 0 aliphatic carbocycles. The Balaban J connectivity index is 1.89. The Morgan fingerprint density at radius 3 is 2.43 bits per heavy atom. The molecular formula is C22H16N2O5S. The number of aliphatic hydroxyl groups is 1. The number of hydrogen-bond acceptors (Lipinski definition) is 6. The van der Waals surface area contributed by atoms with Crippen molar-refractivity contribution in [2.45, 2.75) is 13.0 Å². The quantitative estimate of drug-likeness (QED) is 0.219. The van der Waals surface area contributed by atoms with Crippen LogP contribution in [-0.4, -0.2) is 21.7 Å². The van der Waals surface area contributed by atoms with E-state index in [1.54, 1.807) is 24.3 Å². The van der Waals surface area contributed by atoms with Crippen LogP contribution in [0.15, 0.2) is 71.6 Å². The average Bonchev–Trinajstić information content (AvgIpc) is 3.35. The number of amides is 1. The molecule has 0 bridgehead atoms. The van der Waals surface area contributed by atoms with Gasteiger partial charge in [-0.15, -0.1) is 11.3 Å². The molecule has 1 unspecified atom stereocenters. The minimum Gasteiger partial charge on any atom is -0.507 e. The fraction of sp³-hybridized carbons (Fsp3) is 0.0909. The van der Waals surface area contributed by atoms with Crippen molar-refractivity contribution in [3.8, 4) is 0 Å². The smallest absolute Gasteiger partial charge is 0.300 e. The van der Waals surface area contributed by atoms with Gasteiger partial charge in [-0.25, -0.2) is 0 Å². The van der Waals surface area contributed by atoms with Gasteiger partial charge in [0, 0.05) is 28.3 Å². The third kappa shape index (κ3) is 3.27. The number of Topliss-reactive ketones (excluding diaryl/α,β-unsaturated/α-hetero) is 1. The normalized spacial score (nSPS) is 18.0. The molecule has 30 heavy (non-hydrogen) atoms. The summed E-state index contributed by atoms with van der Waals surface area (Å²) in [6, 6.07) is 15.2. The van der Waals surface area contributed by atoms with E-state index in [-0.39, 0.29) is 22.6 Å². The van der Waals surface area contributed by atoms with Crippen molar-refractivity contribution < 1.29 is 19.6 Å². The van der Waals surface area contributed by atoms with Gasteiger partial charge in [0.2, 0.25) is 0 Å². The van der Waals surface area contributed by atoms with Crippen molar-refractivity contribution in [3.63, 3.8) is 0 Å². The highest BCUT2D eigenvalue weighted by molar-refractivity contribution is 7.10. The van der Waals surface area contributed by atoms with E-state index >= 15 is 0 Å². The number of anilines is 1. The summed E-state index contributed by atoms with van der Waals surface area (Å²) in [7, 11) is 0. The summed E-state index contributed by atoms with van der Waals surface area (Å²) in [5.74, 6) is -1.90. The van der Waals surface area contributed by atoms with Crippen LogP contribution in [0, 0.1) is 17.0 Å². The topological polar surface area (TPSA) is 101 Å². The number of thiophene rings is 1. The molecule has 0 saturated carbocycles. The summed E-state index contributed by atoms with van der Waals surface area (Å²) in [6.07, 6.45) is 0. The first-order valence-corrected chi connectivity index (χ1v) is 9.92. The van der Waals surface area contributed by atoms with Crippen LogP contribution in [0.4, 0.5) is 11.4 Å². The van der Waals surface area contributed by atoms with Crippen molar-refractivity contribution in [3.05, 3.63) is 97.7 Å². The van der Waals surface area contributed by atoms with Gasteiger partial charge in [0.05, 0.1) is 10.5 Å². The number of ketones is 1. The SMILES string of the molecule is Cc1cccc(N2C(=O)C(=O)/C(=C(\O)c3ccc([N+](=O)[O-])cc3)C2c2cccs2)c1. The first-order valence-electron chi connectivity index (χ1n) is 9.04. The molecule has 2 heterocycles. The first kappa shape index (κ1) is 19.5. The molecule has 1 aliphatic heterocycles. The van der Waals surface area contributed by atoms with E-state index in [1.807, 2.05) is 24.4 Å². The molecule has 1 saturated heterocycles. The number of aliphatic hydroxyl groups excluding tert-OH is 1. The largest absolute Gasteiger partial charge is 0.507 e. The Hall–Kier alpha value is -3.78. The maximum absolute atomic E-state index is 13.0. The fourth-order valence-electron chi connectivity index (χ4n) is 3.49. The number of rotatable bonds is 4. The van der Waals surface area contributed by atoms with Crippen LogP contribution in [0.25, 0.3) is 5.76 Å². The Morgan fingerprint density at radius 2 is 1.83 bits per heavy atom. The first-order chi connectivity index (χ1) is 14.4. The zero-order chi connectivity index (χ0) is 21.4. The maximum atomic E-state index is 13.0. The van der Waals surface area contributed by atoms with Gasteiger partial charge in [-0.2, -0.15) is 0 Å². The van der Waals surface area contributed by atoms with Gasteiger partial charge in [0.25, 0.3) is 17.4 Å². The standard InChI is InChI=1S/C22H16N2O5S/c1-13-4-2-5-16(12-13)23-19(17-6-3-11-30-17)18(21(26)22(23)27)20(25)14-7-9-15(10-8-14)24(28)29/h2-12,19,25H,1H3/b20-18-. The molecule has 7 nitrogen and oxygen atoms in total. The van der Waals surface area contributed by atoms with E-state index in [2.05, 4.69) is 0 Å². The molecule has 2 aromatic carbocycles. The lowest BCUT2D eigenvalue weighted by atomic mass is 9.99. The van der Waals surface area contributed by atoms with Gasteiger partial charge in [-0.3, -0.25) is 24.6 Å². The van der Waals surface area contributed by atoms with Crippen molar-refractivity contribution in [1.82, 2.24) is 0 Å². The highest BCUT2D eigenvalue weighted by Gasteiger charge is 2.47. The summed E-state index contributed by atoms with van der Waals surface area (Å²) in [5.41, 5.74) is 1.52. The van der Waals surface area contributed by atoms with Crippen LogP contribution in [0.2, 0.25) is 0 Å². The lowest BCUT2D eigenvalue weighted by molar-refractivity contribution is -0.384. The van der Waals surface area contributed by atoms with Crippen molar-refractivity contribution >= 4 is 40.2 Å². The summed E-state index contributed by atoms with van der Waals surface area (Å²) < 4.78 is 0. The molecule has 0 spiro atoms. The predicted molar refractivity (Wildman–Crippen MR) is 113 cm³/mol. The fourth-order valence-corrected chi connectivity index (χ4v) is 4.31. The highest BCUT2D eigenvalue weighted by Crippen LogP contribution is 2.43. The van der Waals surface area contributed by atoms with E-state index in [4.69, 9.17) is 0 Å². The number of carbonyl (C=O) groups excluding carboxylic acids is 2. The molecule has 1 fully saturated rings. The molecule has 1 aliphatic rings. The molecule has 0 radical (unpaired) electrons. The Morgan fingerprint density at radius 1 is 1.10 bits per heavy atom. The molecule has 1 atom stereocenters. The zero-order valence-corrected chi connectivity index (χ0v) is 16.6. The number of non-ortho nitro benzene ring substituents is 1. The van der Waals surface area contributed by atoms with Crippen LogP contribution < -0.4 is 4.90 Å². The molecule has 3 aromatic rings. The van der Waals surface area contributed by atoms with Crippen molar-refractivity contribution in [2.75, 3.05) is 4.90 Å². The number of carbonyl (C=O) groups is 2. The van der Waals surface area contributed by atoms with Crippen LogP contribution in [-0.2, 0) is 9.59 Å². The average molecular weight is 420 g/mol. The Bertz CT molecular complexity index is 1180. The molecular weight excluding hydrogens is 404 g/mol. The number of benzene rings is 2. The predicted octanol–water partition coefficient (Wildman–Crippen LogP) is 4.59. The van der Waals surface area contributed by atoms with Crippen LogP contribution >= 0.6 is 11.3 Å². The molecule has 4 rings (SSSR count). The zero-order valence-electron chi connectivity index (χ0n) is 15.8. The van der Waals surface area contributed by atoms with Gasteiger partial charge in [-0.05, 0) is 48.2 Å². The maximum Gasteiger partial charge on any atom is 0.300 e. The molecule has 1 N–H and O–H groups in total. The molecule has 1 amide bonds. The second kappa shape index (κ2) is 7.57. The third-order valence-electron chi connectivity index (χ3n) is 4.89. The highest BCUT2D eigenvalue weighted by atomic mass is 32.1. The number of nitro benzene ring substituents is 1. The Labute approximate surface area is 175 Å². The summed E-state index contributed by atoms with van der Waals surface area (Å²) >= 11 is 1.37. The number of aryl methyl sites for hydroxylation is 1. The molecule has 1 aromatic heterocycles. The summed E-state index contributed by atoms with van der Waals surface area (Å²) in [5, 5.41) is 23.7. The van der Waals surface area contributed by atoms with E-state index in [9.17, 15) is 24.8 Å². The van der Waals surface area contributed by atoms with E-state index < -0.39 is 22.7 Å². The second-order valence-electron chi connectivity index (χ2n) is 6.83. The molecule has 150 valence electrons. The summed E-state index contributed by atoms with van der Waals surface area (Å²) in [4.78, 5) is 38.4. The lowest BCUT2D eigenvalue weighted by Gasteiger charge is -2.24. The lowest BCUT2D eigenvalue weighted by Crippen LogP contribution is -2.29. The summed E-state index contributed by atoms with van der Waals surface area (Å²) in [6.45, 7) is 1.89. The van der Waals surface area contributed by atoms with Gasteiger partial charge in [-0.1, -0.05) is 18.2 Å². The van der Waals surface area contributed by atoms with E-state index in [1.165, 1.54) is 40.5 Å².